The molecule has 0 saturated carbocycles. The maximum absolute atomic E-state index is 11.2. The second-order valence-electron chi connectivity index (χ2n) is 7.66. The third-order valence-corrected chi connectivity index (χ3v) is 5.65. The number of piperidine rings is 1. The van der Waals surface area contributed by atoms with Gasteiger partial charge in [-0.05, 0) is 32.1 Å². The van der Waals surface area contributed by atoms with Crippen LogP contribution in [0, 0.1) is 12.8 Å². The molecule has 0 aromatic carbocycles. The van der Waals surface area contributed by atoms with Gasteiger partial charge in [-0.15, -0.1) is 0 Å². The quantitative estimate of drug-likeness (QED) is 0.781. The minimum atomic E-state index is -0.712. The molecular formula is C20H32N4O3. The number of morpholine rings is 1. The van der Waals surface area contributed by atoms with Crippen LogP contribution in [0.2, 0.25) is 0 Å². The first-order valence-corrected chi connectivity index (χ1v) is 10.2. The zero-order valence-electron chi connectivity index (χ0n) is 16.6. The lowest BCUT2D eigenvalue weighted by Crippen LogP contribution is -2.54. The van der Waals surface area contributed by atoms with Crippen LogP contribution in [-0.4, -0.2) is 71.4 Å². The van der Waals surface area contributed by atoms with E-state index in [1.54, 1.807) is 0 Å². The Balaban J connectivity index is 1.74. The van der Waals surface area contributed by atoms with Crippen LogP contribution in [0.25, 0.3) is 0 Å². The Morgan fingerprint density at radius 3 is 2.78 bits per heavy atom. The first-order chi connectivity index (χ1) is 13.1. The van der Waals surface area contributed by atoms with Crippen molar-refractivity contribution < 1.29 is 14.6 Å². The minimum absolute atomic E-state index is 0.225. The van der Waals surface area contributed by atoms with E-state index in [1.807, 2.05) is 6.92 Å². The fourth-order valence-electron chi connectivity index (χ4n) is 4.37. The van der Waals surface area contributed by atoms with Crippen molar-refractivity contribution in [3.8, 4) is 0 Å². The molecule has 0 bridgehead atoms. The molecule has 3 heterocycles. The Kier molecular flexibility index (Phi) is 7.01. The monoisotopic (exact) mass is 376 g/mol. The summed E-state index contributed by atoms with van der Waals surface area (Å²) < 4.78 is 5.50. The molecule has 27 heavy (non-hydrogen) atoms. The third-order valence-electron chi connectivity index (χ3n) is 5.65. The molecule has 1 aromatic heterocycles. The first-order valence-electron chi connectivity index (χ1n) is 10.2. The van der Waals surface area contributed by atoms with Gasteiger partial charge in [0.1, 0.15) is 11.6 Å². The lowest BCUT2D eigenvalue weighted by Gasteiger charge is -2.45. The van der Waals surface area contributed by atoms with Crippen molar-refractivity contribution in [3.05, 3.63) is 17.6 Å². The molecule has 1 N–H and O–H groups in total. The van der Waals surface area contributed by atoms with E-state index in [4.69, 9.17) is 4.74 Å². The van der Waals surface area contributed by atoms with Crippen molar-refractivity contribution in [1.82, 2.24) is 14.9 Å². The van der Waals surface area contributed by atoms with Crippen LogP contribution >= 0.6 is 0 Å². The number of carbonyl (C=O) groups is 1. The van der Waals surface area contributed by atoms with Crippen LogP contribution in [0.3, 0.4) is 0 Å². The number of nitrogens with zero attached hydrogens (tertiary/aromatic N) is 4. The Hall–Kier alpha value is -1.73. The molecule has 2 atom stereocenters. The predicted octanol–water partition coefficient (Wildman–Crippen LogP) is 2.13. The van der Waals surface area contributed by atoms with E-state index < -0.39 is 5.97 Å². The van der Waals surface area contributed by atoms with Crippen molar-refractivity contribution in [1.29, 1.82) is 0 Å². The zero-order valence-corrected chi connectivity index (χ0v) is 16.6. The van der Waals surface area contributed by atoms with E-state index in [0.29, 0.717) is 18.4 Å². The average molecular weight is 377 g/mol. The molecule has 2 fully saturated rings. The van der Waals surface area contributed by atoms with Crippen molar-refractivity contribution in [2.75, 3.05) is 44.3 Å². The van der Waals surface area contributed by atoms with Crippen molar-refractivity contribution in [2.24, 2.45) is 5.92 Å². The molecule has 3 rings (SSSR count). The van der Waals surface area contributed by atoms with E-state index >= 15 is 0 Å². The summed E-state index contributed by atoms with van der Waals surface area (Å²) in [5.41, 5.74) is 1.09. The Labute approximate surface area is 161 Å². The predicted molar refractivity (Wildman–Crippen MR) is 104 cm³/mol. The molecule has 0 amide bonds. The van der Waals surface area contributed by atoms with Gasteiger partial charge in [0.15, 0.2) is 0 Å². The van der Waals surface area contributed by atoms with Crippen molar-refractivity contribution in [2.45, 2.75) is 52.0 Å². The Morgan fingerprint density at radius 2 is 2.07 bits per heavy atom. The molecule has 0 radical (unpaired) electrons. The van der Waals surface area contributed by atoms with Gasteiger partial charge in [-0.2, -0.15) is 0 Å². The average Bonchev–Trinajstić information content (AvgIpc) is 2.66. The standard InChI is InChI=1S/C20H32N4O3/c1-3-4-17-13-19(22-15(2)21-17)24-8-7-18(23-9-11-27-12-10-23)16(14-24)5-6-20(25)26/h13,16,18H,3-12,14H2,1-2H3,(H,25,26)/t16-,18+/m1/s1. The van der Waals surface area contributed by atoms with Gasteiger partial charge in [0, 0.05) is 50.4 Å². The van der Waals surface area contributed by atoms with Gasteiger partial charge in [0.05, 0.1) is 13.2 Å². The lowest BCUT2D eigenvalue weighted by molar-refractivity contribution is -0.137. The number of anilines is 1. The second-order valence-corrected chi connectivity index (χ2v) is 7.66. The zero-order chi connectivity index (χ0) is 19.2. The van der Waals surface area contributed by atoms with Gasteiger partial charge in [0.25, 0.3) is 0 Å². The van der Waals surface area contributed by atoms with E-state index in [9.17, 15) is 9.90 Å². The molecule has 150 valence electrons. The van der Waals surface area contributed by atoms with Gasteiger partial charge < -0.3 is 14.7 Å². The number of rotatable bonds is 7. The molecule has 0 spiro atoms. The smallest absolute Gasteiger partial charge is 0.303 e. The fourth-order valence-corrected chi connectivity index (χ4v) is 4.37. The molecule has 2 aliphatic heterocycles. The first kappa shape index (κ1) is 20.0. The van der Waals surface area contributed by atoms with E-state index in [2.05, 4.69) is 32.8 Å². The normalized spacial score (nSPS) is 24.1. The molecule has 7 nitrogen and oxygen atoms in total. The maximum Gasteiger partial charge on any atom is 0.303 e. The summed E-state index contributed by atoms with van der Waals surface area (Å²) in [6, 6.07) is 2.54. The van der Waals surface area contributed by atoms with Gasteiger partial charge in [-0.1, -0.05) is 13.3 Å². The van der Waals surface area contributed by atoms with Crippen LogP contribution in [0.1, 0.15) is 44.1 Å². The second kappa shape index (κ2) is 9.46. The number of carboxylic acids is 1. The Bertz CT molecular complexity index is 634. The number of hydrogen-bond donors (Lipinski definition) is 1. The van der Waals surface area contributed by atoms with Gasteiger partial charge in [-0.3, -0.25) is 9.69 Å². The molecule has 2 saturated heterocycles. The number of aromatic nitrogens is 2. The van der Waals surface area contributed by atoms with Gasteiger partial charge in [-0.25, -0.2) is 9.97 Å². The Morgan fingerprint density at radius 1 is 1.30 bits per heavy atom. The summed E-state index contributed by atoms with van der Waals surface area (Å²) in [7, 11) is 0. The molecular weight excluding hydrogens is 344 g/mol. The highest BCUT2D eigenvalue weighted by Crippen LogP contribution is 2.29. The number of aliphatic carboxylic acids is 1. The van der Waals surface area contributed by atoms with Crippen LogP contribution in [0.4, 0.5) is 5.82 Å². The van der Waals surface area contributed by atoms with E-state index in [-0.39, 0.29) is 6.42 Å². The summed E-state index contributed by atoms with van der Waals surface area (Å²) >= 11 is 0. The summed E-state index contributed by atoms with van der Waals surface area (Å²) in [5, 5.41) is 9.19. The van der Waals surface area contributed by atoms with Crippen LogP contribution in [-0.2, 0) is 16.0 Å². The number of aryl methyl sites for hydroxylation is 2. The van der Waals surface area contributed by atoms with E-state index in [0.717, 1.165) is 76.0 Å². The molecule has 7 heteroatoms. The highest BCUT2D eigenvalue weighted by atomic mass is 16.5. The number of ether oxygens (including phenoxy) is 1. The highest BCUT2D eigenvalue weighted by molar-refractivity contribution is 5.66. The van der Waals surface area contributed by atoms with Gasteiger partial charge in [0.2, 0.25) is 0 Å². The summed E-state index contributed by atoms with van der Waals surface area (Å²) in [5.74, 6) is 1.42. The highest BCUT2D eigenvalue weighted by Gasteiger charge is 2.34. The van der Waals surface area contributed by atoms with Crippen molar-refractivity contribution >= 4 is 11.8 Å². The van der Waals surface area contributed by atoms with Crippen molar-refractivity contribution in [3.63, 3.8) is 0 Å². The number of carboxylic acid groups (broad SMARTS) is 1. The molecule has 2 aliphatic rings. The summed E-state index contributed by atoms with van der Waals surface area (Å²) in [6.45, 7) is 9.36. The largest absolute Gasteiger partial charge is 0.481 e. The van der Waals surface area contributed by atoms with E-state index in [1.165, 1.54) is 0 Å². The molecule has 0 aliphatic carbocycles. The van der Waals surface area contributed by atoms with Crippen LogP contribution < -0.4 is 4.90 Å². The fraction of sp³-hybridized carbons (Fsp3) is 0.750. The summed E-state index contributed by atoms with van der Waals surface area (Å²) in [6.07, 6.45) is 4.00. The minimum Gasteiger partial charge on any atom is -0.481 e. The van der Waals surface area contributed by atoms with Crippen LogP contribution in [0.5, 0.6) is 0 Å². The summed E-state index contributed by atoms with van der Waals surface area (Å²) in [4.78, 5) is 25.2. The van der Waals surface area contributed by atoms with Crippen LogP contribution in [0.15, 0.2) is 6.07 Å². The number of hydrogen-bond acceptors (Lipinski definition) is 6. The maximum atomic E-state index is 11.2. The SMILES string of the molecule is CCCc1cc(N2CC[C@H](N3CCOCC3)[C@H](CCC(=O)O)C2)nc(C)n1. The molecule has 0 unspecified atom stereocenters. The molecule has 1 aromatic rings. The lowest BCUT2D eigenvalue weighted by atomic mass is 9.86. The third kappa shape index (κ3) is 5.39. The topological polar surface area (TPSA) is 78.8 Å². The van der Waals surface area contributed by atoms with Gasteiger partial charge >= 0.3 is 5.97 Å².